The summed E-state index contributed by atoms with van der Waals surface area (Å²) in [5, 5.41) is 2.60. The van der Waals surface area contributed by atoms with Crippen LogP contribution in [0.3, 0.4) is 0 Å². The molecule has 3 heteroatoms. The molecule has 0 spiro atoms. The fourth-order valence-electron chi connectivity index (χ4n) is 7.48. The molecule has 0 N–H and O–H groups in total. The Kier molecular flexibility index (Phi) is 8.40. The lowest BCUT2D eigenvalue weighted by atomic mass is 9.94. The molecule has 0 aliphatic heterocycles. The van der Waals surface area contributed by atoms with Gasteiger partial charge in [-0.15, -0.1) is 11.3 Å². The molecule has 0 saturated carbocycles. The Hall–Kier alpha value is -6.94. The van der Waals surface area contributed by atoms with Crippen LogP contribution in [0.15, 0.2) is 206 Å². The molecule has 0 bridgehead atoms. The molecule has 55 heavy (non-hydrogen) atoms. The Morgan fingerprint density at radius 2 is 0.673 bits per heavy atom. The SMILES string of the molecule is c1ccc(-c2cc(-c3ccc4c(c3)sc3ccccc34)cc(-c3cc(-c4ccccc4)nc(-c4cc(-c5ccccc5)cc(-c5ccccc5)c4)n3)c2)cc1. The van der Waals surface area contributed by atoms with Gasteiger partial charge < -0.3 is 0 Å². The highest BCUT2D eigenvalue weighted by Gasteiger charge is 2.16. The van der Waals surface area contributed by atoms with Gasteiger partial charge in [-0.25, -0.2) is 9.97 Å². The summed E-state index contributed by atoms with van der Waals surface area (Å²) in [5.74, 6) is 0.685. The average molecular weight is 719 g/mol. The molecule has 0 fully saturated rings. The second kappa shape index (κ2) is 14.1. The van der Waals surface area contributed by atoms with Gasteiger partial charge in [-0.05, 0) is 99.1 Å². The first-order valence-corrected chi connectivity index (χ1v) is 19.4. The van der Waals surface area contributed by atoms with Gasteiger partial charge in [-0.1, -0.05) is 152 Å². The van der Waals surface area contributed by atoms with Crippen LogP contribution in [0.4, 0.5) is 0 Å². The highest BCUT2D eigenvalue weighted by molar-refractivity contribution is 7.25. The molecule has 2 heterocycles. The number of fused-ring (bicyclic) bond motifs is 3. The summed E-state index contributed by atoms with van der Waals surface area (Å²) >= 11 is 1.85. The largest absolute Gasteiger partial charge is 0.228 e. The normalized spacial score (nSPS) is 11.3. The molecule has 2 aromatic heterocycles. The van der Waals surface area contributed by atoms with Crippen LogP contribution in [-0.4, -0.2) is 9.97 Å². The number of aromatic nitrogens is 2. The van der Waals surface area contributed by atoms with Crippen molar-refractivity contribution in [1.29, 1.82) is 0 Å². The Morgan fingerprint density at radius 3 is 1.24 bits per heavy atom. The molecule has 0 aliphatic carbocycles. The van der Waals surface area contributed by atoms with E-state index in [0.29, 0.717) is 5.82 Å². The minimum absolute atomic E-state index is 0.685. The lowest BCUT2D eigenvalue weighted by Gasteiger charge is -2.15. The molecule has 0 atom stereocenters. The predicted molar refractivity (Wildman–Crippen MR) is 233 cm³/mol. The molecular weight excluding hydrogens is 685 g/mol. The van der Waals surface area contributed by atoms with Crippen molar-refractivity contribution in [3.8, 4) is 78.4 Å². The Balaban J connectivity index is 1.19. The number of nitrogens with zero attached hydrogens (tertiary/aromatic N) is 2. The van der Waals surface area contributed by atoms with Gasteiger partial charge in [0.2, 0.25) is 0 Å². The Labute approximate surface area is 324 Å². The van der Waals surface area contributed by atoms with Crippen LogP contribution in [0, 0.1) is 0 Å². The summed E-state index contributed by atoms with van der Waals surface area (Å²) in [5.41, 5.74) is 14.0. The topological polar surface area (TPSA) is 25.8 Å². The van der Waals surface area contributed by atoms with Gasteiger partial charge >= 0.3 is 0 Å². The molecule has 0 amide bonds. The van der Waals surface area contributed by atoms with E-state index in [9.17, 15) is 0 Å². The van der Waals surface area contributed by atoms with Crippen molar-refractivity contribution < 1.29 is 0 Å². The van der Waals surface area contributed by atoms with Gasteiger partial charge in [0, 0.05) is 36.9 Å². The first kappa shape index (κ1) is 32.7. The van der Waals surface area contributed by atoms with Crippen LogP contribution < -0.4 is 0 Å². The molecule has 0 saturated heterocycles. The highest BCUT2D eigenvalue weighted by Crippen LogP contribution is 2.40. The minimum atomic E-state index is 0.685. The monoisotopic (exact) mass is 718 g/mol. The van der Waals surface area contributed by atoms with Gasteiger partial charge in [0.15, 0.2) is 5.82 Å². The number of hydrogen-bond donors (Lipinski definition) is 0. The number of hydrogen-bond acceptors (Lipinski definition) is 3. The maximum atomic E-state index is 5.41. The predicted octanol–water partition coefficient (Wildman–Crippen LogP) is 14.5. The lowest BCUT2D eigenvalue weighted by Crippen LogP contribution is -1.97. The van der Waals surface area contributed by atoms with E-state index in [4.69, 9.17) is 9.97 Å². The van der Waals surface area contributed by atoms with Crippen molar-refractivity contribution in [2.24, 2.45) is 0 Å². The molecule has 10 aromatic rings. The zero-order valence-corrected chi connectivity index (χ0v) is 30.7. The number of rotatable bonds is 7. The zero-order chi connectivity index (χ0) is 36.6. The maximum Gasteiger partial charge on any atom is 0.160 e. The molecule has 258 valence electrons. The van der Waals surface area contributed by atoms with Gasteiger partial charge in [0.25, 0.3) is 0 Å². The van der Waals surface area contributed by atoms with Crippen molar-refractivity contribution in [1.82, 2.24) is 9.97 Å². The van der Waals surface area contributed by atoms with Crippen LogP contribution in [0.25, 0.3) is 98.6 Å². The van der Waals surface area contributed by atoms with Crippen LogP contribution >= 0.6 is 11.3 Å². The van der Waals surface area contributed by atoms with Crippen molar-refractivity contribution >= 4 is 31.5 Å². The molecular formula is C52H34N2S. The standard InChI is InChI=1S/C52H34N2S/c1-5-15-35(16-6-1)40-28-43(39-25-26-47-46-23-13-14-24-50(46)55-51(47)33-39)30-44(29-40)49-34-48(38-21-11-4-12-22-38)53-52(54-49)45-31-41(36-17-7-2-8-18-36)27-42(32-45)37-19-9-3-10-20-37/h1-34H. The summed E-state index contributed by atoms with van der Waals surface area (Å²) < 4.78 is 2.59. The summed E-state index contributed by atoms with van der Waals surface area (Å²) in [6, 6.07) is 73.4. The third-order valence-corrected chi connectivity index (χ3v) is 11.4. The first-order chi connectivity index (χ1) is 27.2. The minimum Gasteiger partial charge on any atom is -0.228 e. The van der Waals surface area contributed by atoms with Crippen LogP contribution in [0.5, 0.6) is 0 Å². The maximum absolute atomic E-state index is 5.41. The Bertz CT molecular complexity index is 2900. The molecule has 10 rings (SSSR count). The average Bonchev–Trinajstić information content (AvgIpc) is 3.65. The van der Waals surface area contributed by atoms with E-state index >= 15 is 0 Å². The van der Waals surface area contributed by atoms with Gasteiger partial charge in [0.1, 0.15) is 0 Å². The first-order valence-electron chi connectivity index (χ1n) is 18.6. The van der Waals surface area contributed by atoms with Gasteiger partial charge in [0.05, 0.1) is 11.4 Å². The van der Waals surface area contributed by atoms with Crippen molar-refractivity contribution in [2.45, 2.75) is 0 Å². The second-order valence-corrected chi connectivity index (χ2v) is 14.9. The fourth-order valence-corrected chi connectivity index (χ4v) is 8.62. The molecule has 0 unspecified atom stereocenters. The van der Waals surface area contributed by atoms with Crippen molar-refractivity contribution in [3.63, 3.8) is 0 Å². The van der Waals surface area contributed by atoms with E-state index in [1.165, 1.54) is 25.7 Å². The fraction of sp³-hybridized carbons (Fsp3) is 0. The van der Waals surface area contributed by atoms with Gasteiger partial charge in [-0.2, -0.15) is 0 Å². The van der Waals surface area contributed by atoms with Crippen LogP contribution in [-0.2, 0) is 0 Å². The lowest BCUT2D eigenvalue weighted by molar-refractivity contribution is 1.18. The summed E-state index contributed by atoms with van der Waals surface area (Å²) in [6.07, 6.45) is 0. The number of benzene rings is 8. The highest BCUT2D eigenvalue weighted by atomic mass is 32.1. The van der Waals surface area contributed by atoms with Crippen LogP contribution in [0.1, 0.15) is 0 Å². The third-order valence-electron chi connectivity index (χ3n) is 10.2. The smallest absolute Gasteiger partial charge is 0.160 e. The number of thiophene rings is 1. The summed E-state index contributed by atoms with van der Waals surface area (Å²) in [4.78, 5) is 10.7. The summed E-state index contributed by atoms with van der Waals surface area (Å²) in [7, 11) is 0. The molecule has 2 nitrogen and oxygen atoms in total. The third kappa shape index (κ3) is 6.52. The second-order valence-electron chi connectivity index (χ2n) is 13.8. The Morgan fingerprint density at radius 1 is 0.255 bits per heavy atom. The molecule has 0 radical (unpaired) electrons. The summed E-state index contributed by atoms with van der Waals surface area (Å²) in [6.45, 7) is 0. The van der Waals surface area contributed by atoms with E-state index in [-0.39, 0.29) is 0 Å². The van der Waals surface area contributed by atoms with E-state index in [0.717, 1.165) is 67.0 Å². The van der Waals surface area contributed by atoms with Crippen LogP contribution in [0.2, 0.25) is 0 Å². The van der Waals surface area contributed by atoms with E-state index in [2.05, 4.69) is 200 Å². The molecule has 8 aromatic carbocycles. The van der Waals surface area contributed by atoms with Crippen molar-refractivity contribution in [2.75, 3.05) is 0 Å². The quantitative estimate of drug-likeness (QED) is 0.164. The van der Waals surface area contributed by atoms with Gasteiger partial charge in [-0.3, -0.25) is 0 Å². The van der Waals surface area contributed by atoms with Crippen molar-refractivity contribution in [3.05, 3.63) is 206 Å². The zero-order valence-electron chi connectivity index (χ0n) is 29.9. The molecule has 0 aliphatic rings. The van der Waals surface area contributed by atoms with E-state index < -0.39 is 0 Å². The van der Waals surface area contributed by atoms with E-state index in [1.54, 1.807) is 0 Å². The van der Waals surface area contributed by atoms with E-state index in [1.807, 2.05) is 17.4 Å².